The molecule has 0 atom stereocenters. The van der Waals surface area contributed by atoms with E-state index in [2.05, 4.69) is 50.2 Å². The summed E-state index contributed by atoms with van der Waals surface area (Å²) < 4.78 is 2.63. The predicted octanol–water partition coefficient (Wildman–Crippen LogP) is 4.04. The Labute approximate surface area is 150 Å². The predicted molar refractivity (Wildman–Crippen MR) is 107 cm³/mol. The molecule has 0 unspecified atom stereocenters. The van der Waals surface area contributed by atoms with E-state index in [0.717, 1.165) is 5.56 Å². The van der Waals surface area contributed by atoms with Crippen LogP contribution in [-0.4, -0.2) is 17.2 Å². The lowest BCUT2D eigenvalue weighted by atomic mass is 9.75. The van der Waals surface area contributed by atoms with Crippen molar-refractivity contribution in [1.29, 1.82) is 0 Å². The summed E-state index contributed by atoms with van der Waals surface area (Å²) in [4.78, 5) is 0. The van der Waals surface area contributed by atoms with Crippen LogP contribution in [0.15, 0.2) is 54.6 Å². The first-order chi connectivity index (χ1) is 12.0. The van der Waals surface area contributed by atoms with Gasteiger partial charge >= 0.3 is 7.12 Å². The van der Waals surface area contributed by atoms with E-state index in [1.165, 1.54) is 36.9 Å². The summed E-state index contributed by atoms with van der Waals surface area (Å²) in [7, 11) is -1.44. The Kier molecular flexibility index (Phi) is 3.00. The minimum absolute atomic E-state index is 0.153. The Morgan fingerprint density at radius 2 is 1.68 bits per heavy atom. The molecule has 0 radical (unpaired) electrons. The Bertz CT molecular complexity index is 1160. The van der Waals surface area contributed by atoms with Gasteiger partial charge in [0.25, 0.3) is 0 Å². The summed E-state index contributed by atoms with van der Waals surface area (Å²) >= 11 is 1.84. The van der Waals surface area contributed by atoms with E-state index in [1.807, 2.05) is 29.5 Å². The first-order valence-electron chi connectivity index (χ1n) is 8.44. The van der Waals surface area contributed by atoms with Crippen LogP contribution in [0.4, 0.5) is 0 Å². The first kappa shape index (κ1) is 15.1. The monoisotopic (exact) mass is 344 g/mol. The lowest BCUT2D eigenvalue weighted by Gasteiger charge is -2.22. The van der Waals surface area contributed by atoms with Crippen LogP contribution in [0, 0.1) is 0 Å². The molecule has 4 heteroatoms. The summed E-state index contributed by atoms with van der Waals surface area (Å²) in [6.45, 7) is 4.43. The Morgan fingerprint density at radius 1 is 0.880 bits per heavy atom. The van der Waals surface area contributed by atoms with Gasteiger partial charge in [0, 0.05) is 31.2 Å². The van der Waals surface area contributed by atoms with Crippen LogP contribution in [-0.2, 0) is 5.41 Å². The third-order valence-corrected chi connectivity index (χ3v) is 6.71. The molecule has 4 aromatic rings. The van der Waals surface area contributed by atoms with E-state index in [9.17, 15) is 10.0 Å². The molecule has 1 aliphatic rings. The topological polar surface area (TPSA) is 40.5 Å². The van der Waals surface area contributed by atoms with Gasteiger partial charge in [-0.25, -0.2) is 0 Å². The molecule has 3 aromatic carbocycles. The molecule has 2 N–H and O–H groups in total. The number of benzene rings is 3. The Morgan fingerprint density at radius 3 is 2.48 bits per heavy atom. The van der Waals surface area contributed by atoms with Gasteiger partial charge in [-0.3, -0.25) is 0 Å². The van der Waals surface area contributed by atoms with E-state index >= 15 is 0 Å². The fourth-order valence-electron chi connectivity index (χ4n) is 4.18. The van der Waals surface area contributed by atoms with Crippen molar-refractivity contribution in [3.8, 4) is 11.1 Å². The van der Waals surface area contributed by atoms with Gasteiger partial charge in [0.2, 0.25) is 0 Å². The first-order valence-corrected chi connectivity index (χ1v) is 9.26. The van der Waals surface area contributed by atoms with E-state index in [4.69, 9.17) is 0 Å². The van der Waals surface area contributed by atoms with Crippen molar-refractivity contribution in [3.63, 3.8) is 0 Å². The van der Waals surface area contributed by atoms with Crippen LogP contribution in [0.5, 0.6) is 0 Å². The maximum Gasteiger partial charge on any atom is 0.488 e. The second kappa shape index (κ2) is 4.95. The molecule has 1 heterocycles. The number of thiophene rings is 1. The average Bonchev–Trinajstić information content (AvgIpc) is 3.08. The molecule has 25 heavy (non-hydrogen) atoms. The molecule has 5 rings (SSSR count). The number of hydrogen-bond donors (Lipinski definition) is 2. The fraction of sp³-hybridized carbons (Fsp3) is 0.143. The summed E-state index contributed by atoms with van der Waals surface area (Å²) in [5.41, 5.74) is 5.38. The molecule has 0 saturated heterocycles. The van der Waals surface area contributed by atoms with Gasteiger partial charge in [-0.2, -0.15) is 0 Å². The van der Waals surface area contributed by atoms with E-state index < -0.39 is 7.12 Å². The van der Waals surface area contributed by atoms with Gasteiger partial charge in [0.1, 0.15) is 0 Å². The zero-order valence-corrected chi connectivity index (χ0v) is 14.9. The molecule has 122 valence electrons. The van der Waals surface area contributed by atoms with Crippen LogP contribution in [0.1, 0.15) is 25.0 Å². The van der Waals surface area contributed by atoms with Crippen molar-refractivity contribution in [3.05, 3.63) is 65.7 Å². The maximum absolute atomic E-state index is 9.57. The Hall–Kier alpha value is -2.14. The van der Waals surface area contributed by atoms with Crippen molar-refractivity contribution in [2.45, 2.75) is 19.3 Å². The molecule has 0 amide bonds. The minimum atomic E-state index is -1.44. The second-order valence-electron chi connectivity index (χ2n) is 7.27. The quantitative estimate of drug-likeness (QED) is 0.512. The SMILES string of the molecule is CC1(C)c2cc(B(O)O)ccc2-c2c1ccc1c2sc2ccccc21. The van der Waals surface area contributed by atoms with Gasteiger partial charge in [-0.15, -0.1) is 11.3 Å². The molecular weight excluding hydrogens is 327 g/mol. The summed E-state index contributed by atoms with van der Waals surface area (Å²) in [5.74, 6) is 0. The van der Waals surface area contributed by atoms with Crippen LogP contribution in [0.3, 0.4) is 0 Å². The standard InChI is InChI=1S/C21H17BO2S/c1-21(2)16-10-9-14-13-5-3-4-6-18(13)25-20(14)19(16)15-8-7-12(22(23)24)11-17(15)21/h3-11,23-24H,1-2H3. The van der Waals surface area contributed by atoms with Gasteiger partial charge in [0.05, 0.1) is 0 Å². The zero-order valence-electron chi connectivity index (χ0n) is 14.1. The molecule has 0 saturated carbocycles. The minimum Gasteiger partial charge on any atom is -0.423 e. The highest BCUT2D eigenvalue weighted by molar-refractivity contribution is 7.26. The largest absolute Gasteiger partial charge is 0.488 e. The lowest BCUT2D eigenvalue weighted by Crippen LogP contribution is -2.31. The molecule has 0 fully saturated rings. The average molecular weight is 344 g/mol. The molecule has 0 spiro atoms. The fourth-order valence-corrected chi connectivity index (χ4v) is 5.44. The van der Waals surface area contributed by atoms with Crippen LogP contribution < -0.4 is 5.46 Å². The number of fused-ring (bicyclic) bond motifs is 7. The van der Waals surface area contributed by atoms with Crippen LogP contribution in [0.2, 0.25) is 0 Å². The van der Waals surface area contributed by atoms with Crippen molar-refractivity contribution >= 4 is 44.1 Å². The molecule has 1 aliphatic carbocycles. The van der Waals surface area contributed by atoms with Crippen molar-refractivity contribution in [1.82, 2.24) is 0 Å². The van der Waals surface area contributed by atoms with Crippen LogP contribution in [0.25, 0.3) is 31.3 Å². The summed E-state index contributed by atoms with van der Waals surface area (Å²) in [6, 6.07) is 18.8. The molecular formula is C21H17BO2S. The normalized spacial score (nSPS) is 14.7. The van der Waals surface area contributed by atoms with E-state index in [1.54, 1.807) is 0 Å². The van der Waals surface area contributed by atoms with E-state index in [0.29, 0.717) is 5.46 Å². The molecule has 2 nitrogen and oxygen atoms in total. The van der Waals surface area contributed by atoms with Crippen LogP contribution >= 0.6 is 11.3 Å². The highest BCUT2D eigenvalue weighted by atomic mass is 32.1. The zero-order chi connectivity index (χ0) is 17.3. The molecule has 0 bridgehead atoms. The maximum atomic E-state index is 9.57. The highest BCUT2D eigenvalue weighted by Crippen LogP contribution is 2.53. The highest BCUT2D eigenvalue weighted by Gasteiger charge is 2.37. The third kappa shape index (κ3) is 1.93. The van der Waals surface area contributed by atoms with Gasteiger partial charge in [-0.05, 0) is 28.2 Å². The Balaban J connectivity index is 1.91. The smallest absolute Gasteiger partial charge is 0.423 e. The number of rotatable bonds is 1. The summed E-state index contributed by atoms with van der Waals surface area (Å²) in [5, 5.41) is 21.7. The van der Waals surface area contributed by atoms with Crippen molar-refractivity contribution in [2.24, 2.45) is 0 Å². The van der Waals surface area contributed by atoms with E-state index in [-0.39, 0.29) is 5.41 Å². The van der Waals surface area contributed by atoms with Gasteiger partial charge in [-0.1, -0.05) is 62.4 Å². The third-order valence-electron chi connectivity index (χ3n) is 5.50. The van der Waals surface area contributed by atoms with Gasteiger partial charge < -0.3 is 10.0 Å². The molecule has 1 aromatic heterocycles. The van der Waals surface area contributed by atoms with Crippen molar-refractivity contribution in [2.75, 3.05) is 0 Å². The lowest BCUT2D eigenvalue weighted by molar-refractivity contribution is 0.425. The van der Waals surface area contributed by atoms with Gasteiger partial charge in [0.15, 0.2) is 0 Å². The van der Waals surface area contributed by atoms with Crippen molar-refractivity contribution < 1.29 is 10.0 Å². The molecule has 0 aliphatic heterocycles. The number of hydrogen-bond acceptors (Lipinski definition) is 3. The second-order valence-corrected chi connectivity index (χ2v) is 8.32. The summed E-state index contributed by atoms with van der Waals surface area (Å²) in [6.07, 6.45) is 0.